The SMILES string of the molecule is Cc1ccc(Cn2c(N)nc3cc(Br)ccc32)s1. The van der Waals surface area contributed by atoms with Crippen LogP contribution >= 0.6 is 27.3 Å². The number of nitrogens with two attached hydrogens (primary N) is 1. The Hall–Kier alpha value is -1.33. The lowest BCUT2D eigenvalue weighted by molar-refractivity contribution is 0.853. The molecule has 0 spiro atoms. The molecule has 3 nitrogen and oxygen atoms in total. The van der Waals surface area contributed by atoms with Crippen LogP contribution in [0.3, 0.4) is 0 Å². The first-order valence-corrected chi connectivity index (χ1v) is 7.21. The number of aromatic nitrogens is 2. The summed E-state index contributed by atoms with van der Waals surface area (Å²) in [5.74, 6) is 0.564. The number of benzene rings is 1. The highest BCUT2D eigenvalue weighted by atomic mass is 79.9. The summed E-state index contributed by atoms with van der Waals surface area (Å²) in [4.78, 5) is 7.00. The number of thiophene rings is 1. The lowest BCUT2D eigenvalue weighted by Gasteiger charge is -2.04. The van der Waals surface area contributed by atoms with Crippen LogP contribution in [0.4, 0.5) is 5.95 Å². The highest BCUT2D eigenvalue weighted by molar-refractivity contribution is 9.10. The normalized spacial score (nSPS) is 11.2. The van der Waals surface area contributed by atoms with Crippen LogP contribution in [0.1, 0.15) is 9.75 Å². The number of nitrogens with zero attached hydrogens (tertiary/aromatic N) is 2. The monoisotopic (exact) mass is 321 g/mol. The zero-order valence-electron chi connectivity index (χ0n) is 9.85. The maximum absolute atomic E-state index is 6.00. The van der Waals surface area contributed by atoms with Gasteiger partial charge in [-0.2, -0.15) is 0 Å². The third-order valence-corrected chi connectivity index (χ3v) is 4.33. The standard InChI is InChI=1S/C13H12BrN3S/c1-8-2-4-10(18-8)7-17-12-5-3-9(14)6-11(12)16-13(17)15/h2-6H,7H2,1H3,(H2,15,16). The van der Waals surface area contributed by atoms with Gasteiger partial charge in [-0.1, -0.05) is 15.9 Å². The molecule has 0 saturated carbocycles. The van der Waals surface area contributed by atoms with Gasteiger partial charge in [-0.25, -0.2) is 4.98 Å². The zero-order valence-corrected chi connectivity index (χ0v) is 12.3. The Morgan fingerprint density at radius 3 is 2.89 bits per heavy atom. The van der Waals surface area contributed by atoms with E-state index in [1.165, 1.54) is 9.75 Å². The van der Waals surface area contributed by atoms with Gasteiger partial charge in [-0.3, -0.25) is 0 Å². The van der Waals surface area contributed by atoms with Crippen molar-refractivity contribution >= 4 is 44.2 Å². The van der Waals surface area contributed by atoms with Crippen molar-refractivity contribution in [2.45, 2.75) is 13.5 Å². The Morgan fingerprint density at radius 2 is 2.17 bits per heavy atom. The Labute approximate surface area is 117 Å². The minimum atomic E-state index is 0.564. The summed E-state index contributed by atoms with van der Waals surface area (Å²) in [7, 11) is 0. The van der Waals surface area contributed by atoms with Crippen LogP contribution in [-0.4, -0.2) is 9.55 Å². The van der Waals surface area contributed by atoms with Crippen molar-refractivity contribution in [2.24, 2.45) is 0 Å². The number of nitrogen functional groups attached to an aromatic ring is 1. The molecule has 0 aliphatic rings. The average molecular weight is 322 g/mol. The molecule has 2 heterocycles. The molecule has 18 heavy (non-hydrogen) atoms. The van der Waals surface area contributed by atoms with E-state index in [0.717, 1.165) is 22.1 Å². The largest absolute Gasteiger partial charge is 0.369 e. The molecule has 0 aliphatic heterocycles. The molecule has 0 unspecified atom stereocenters. The smallest absolute Gasteiger partial charge is 0.201 e. The van der Waals surface area contributed by atoms with Crippen molar-refractivity contribution < 1.29 is 0 Å². The van der Waals surface area contributed by atoms with Crippen molar-refractivity contribution in [1.29, 1.82) is 0 Å². The third-order valence-electron chi connectivity index (χ3n) is 2.85. The Bertz CT molecular complexity index is 714. The number of rotatable bonds is 2. The van der Waals surface area contributed by atoms with Gasteiger partial charge >= 0.3 is 0 Å². The first-order valence-electron chi connectivity index (χ1n) is 5.60. The second-order valence-corrected chi connectivity index (χ2v) is 6.49. The lowest BCUT2D eigenvalue weighted by atomic mass is 10.3. The van der Waals surface area contributed by atoms with Crippen molar-refractivity contribution in [1.82, 2.24) is 9.55 Å². The van der Waals surface area contributed by atoms with Gasteiger partial charge < -0.3 is 10.3 Å². The summed E-state index contributed by atoms with van der Waals surface area (Å²) in [5.41, 5.74) is 8.00. The van der Waals surface area contributed by atoms with E-state index in [2.05, 4.69) is 40.0 Å². The van der Waals surface area contributed by atoms with Crippen LogP contribution in [0.25, 0.3) is 11.0 Å². The van der Waals surface area contributed by atoms with E-state index in [1.54, 1.807) is 11.3 Å². The van der Waals surface area contributed by atoms with E-state index >= 15 is 0 Å². The molecule has 0 aliphatic carbocycles. The van der Waals surface area contributed by atoms with E-state index in [0.29, 0.717) is 5.95 Å². The number of hydrogen-bond acceptors (Lipinski definition) is 3. The molecule has 0 radical (unpaired) electrons. The van der Waals surface area contributed by atoms with Gasteiger partial charge in [-0.15, -0.1) is 11.3 Å². The van der Waals surface area contributed by atoms with Gasteiger partial charge in [0, 0.05) is 14.2 Å². The molecule has 0 atom stereocenters. The van der Waals surface area contributed by atoms with E-state index in [-0.39, 0.29) is 0 Å². The molecule has 0 saturated heterocycles. The maximum atomic E-state index is 6.00. The third kappa shape index (κ3) is 2.04. The molecule has 0 amide bonds. The van der Waals surface area contributed by atoms with E-state index in [1.807, 2.05) is 22.8 Å². The van der Waals surface area contributed by atoms with Crippen LogP contribution in [0.5, 0.6) is 0 Å². The summed E-state index contributed by atoms with van der Waals surface area (Å²) in [6, 6.07) is 10.3. The fourth-order valence-electron chi connectivity index (χ4n) is 2.01. The van der Waals surface area contributed by atoms with Gasteiger partial charge in [0.25, 0.3) is 0 Å². The Kier molecular flexibility index (Phi) is 2.87. The van der Waals surface area contributed by atoms with Crippen LogP contribution in [0.15, 0.2) is 34.8 Å². The number of imidazole rings is 1. The first-order chi connectivity index (χ1) is 8.63. The molecule has 2 aromatic heterocycles. The van der Waals surface area contributed by atoms with Crippen molar-refractivity contribution in [3.8, 4) is 0 Å². The quantitative estimate of drug-likeness (QED) is 0.780. The summed E-state index contributed by atoms with van der Waals surface area (Å²) >= 11 is 5.24. The molecule has 0 fully saturated rings. The van der Waals surface area contributed by atoms with Crippen molar-refractivity contribution in [3.05, 3.63) is 44.6 Å². The van der Waals surface area contributed by atoms with Gasteiger partial charge in [0.15, 0.2) is 0 Å². The molecule has 92 valence electrons. The van der Waals surface area contributed by atoms with Gasteiger partial charge in [0.2, 0.25) is 5.95 Å². The molecule has 3 rings (SSSR count). The van der Waals surface area contributed by atoms with Crippen LogP contribution < -0.4 is 5.73 Å². The second kappa shape index (κ2) is 4.40. The second-order valence-electron chi connectivity index (χ2n) is 4.20. The zero-order chi connectivity index (χ0) is 12.7. The fourth-order valence-corrected chi connectivity index (χ4v) is 3.24. The van der Waals surface area contributed by atoms with Gasteiger partial charge in [0.05, 0.1) is 17.6 Å². The first kappa shape index (κ1) is 11.7. The van der Waals surface area contributed by atoms with Gasteiger partial charge in [0.1, 0.15) is 0 Å². The van der Waals surface area contributed by atoms with E-state index < -0.39 is 0 Å². The number of anilines is 1. The topological polar surface area (TPSA) is 43.8 Å². The van der Waals surface area contributed by atoms with Crippen molar-refractivity contribution in [2.75, 3.05) is 5.73 Å². The summed E-state index contributed by atoms with van der Waals surface area (Å²) < 4.78 is 3.07. The highest BCUT2D eigenvalue weighted by Gasteiger charge is 2.09. The van der Waals surface area contributed by atoms with Crippen LogP contribution in [-0.2, 0) is 6.54 Å². The highest BCUT2D eigenvalue weighted by Crippen LogP contribution is 2.24. The fraction of sp³-hybridized carbons (Fsp3) is 0.154. The van der Waals surface area contributed by atoms with Crippen LogP contribution in [0.2, 0.25) is 0 Å². The molecule has 0 bridgehead atoms. The lowest BCUT2D eigenvalue weighted by Crippen LogP contribution is -2.03. The Balaban J connectivity index is 2.08. The van der Waals surface area contributed by atoms with Crippen LogP contribution in [0, 0.1) is 6.92 Å². The number of hydrogen-bond donors (Lipinski definition) is 1. The van der Waals surface area contributed by atoms with E-state index in [9.17, 15) is 0 Å². The molecular weight excluding hydrogens is 310 g/mol. The summed E-state index contributed by atoms with van der Waals surface area (Å²) in [5, 5.41) is 0. The van der Waals surface area contributed by atoms with E-state index in [4.69, 9.17) is 5.73 Å². The molecule has 1 aromatic carbocycles. The number of fused-ring (bicyclic) bond motifs is 1. The summed E-state index contributed by atoms with van der Waals surface area (Å²) in [6.45, 7) is 2.89. The molecule has 2 N–H and O–H groups in total. The minimum absolute atomic E-state index is 0.564. The Morgan fingerprint density at radius 1 is 1.33 bits per heavy atom. The summed E-state index contributed by atoms with van der Waals surface area (Å²) in [6.07, 6.45) is 0. The molecule has 5 heteroatoms. The maximum Gasteiger partial charge on any atom is 0.201 e. The predicted molar refractivity (Wildman–Crippen MR) is 80.0 cm³/mol. The van der Waals surface area contributed by atoms with Crippen molar-refractivity contribution in [3.63, 3.8) is 0 Å². The average Bonchev–Trinajstić information content (AvgIpc) is 2.84. The number of halogens is 1. The predicted octanol–water partition coefficient (Wildman–Crippen LogP) is 3.80. The minimum Gasteiger partial charge on any atom is -0.369 e. The van der Waals surface area contributed by atoms with Gasteiger partial charge in [-0.05, 0) is 37.3 Å². The molecule has 3 aromatic rings. The molecular formula is C13H12BrN3S. The number of aryl methyl sites for hydroxylation is 1.